The van der Waals surface area contributed by atoms with Crippen LogP contribution in [0.3, 0.4) is 0 Å². The Morgan fingerprint density at radius 2 is 1.80 bits per heavy atom. The lowest BCUT2D eigenvalue weighted by atomic mass is 9.72. The van der Waals surface area contributed by atoms with Gasteiger partial charge in [0.1, 0.15) is 17.4 Å². The zero-order valence-corrected chi connectivity index (χ0v) is 25.0. The van der Waals surface area contributed by atoms with E-state index in [0.29, 0.717) is 34.4 Å². The van der Waals surface area contributed by atoms with Crippen molar-refractivity contribution < 1.29 is 9.53 Å². The summed E-state index contributed by atoms with van der Waals surface area (Å²) < 4.78 is 5.90. The number of fused-ring (bicyclic) bond motifs is 1. The second-order valence-corrected chi connectivity index (χ2v) is 12.9. The Balaban J connectivity index is 1.34. The first-order valence-corrected chi connectivity index (χ1v) is 14.9. The summed E-state index contributed by atoms with van der Waals surface area (Å²) in [5.41, 5.74) is 5.25. The van der Waals surface area contributed by atoms with Gasteiger partial charge < -0.3 is 10.1 Å². The molecule has 1 heterocycles. The molecule has 1 amide bonds. The molecular formula is C34H32ClN3O2S. The number of amides is 1. The van der Waals surface area contributed by atoms with Gasteiger partial charge in [-0.2, -0.15) is 5.26 Å². The fourth-order valence-corrected chi connectivity index (χ4v) is 6.38. The molecule has 1 aliphatic carbocycles. The number of nitrogens with zero attached hydrogens (tertiary/aromatic N) is 2. The fraction of sp³-hybridized carbons (Fsp3) is 0.265. The zero-order chi connectivity index (χ0) is 29.0. The van der Waals surface area contributed by atoms with Crippen molar-refractivity contribution in [2.24, 2.45) is 16.3 Å². The number of aliphatic imine (C=N–C) groups is 1. The van der Waals surface area contributed by atoms with E-state index in [9.17, 15) is 4.79 Å². The molecule has 3 aromatic carbocycles. The molecule has 41 heavy (non-hydrogen) atoms. The molecular weight excluding hydrogens is 550 g/mol. The van der Waals surface area contributed by atoms with Gasteiger partial charge in [-0.25, -0.2) is 4.99 Å². The van der Waals surface area contributed by atoms with E-state index >= 15 is 0 Å². The zero-order valence-electron chi connectivity index (χ0n) is 23.4. The van der Waals surface area contributed by atoms with Crippen molar-refractivity contribution in [3.05, 3.63) is 111 Å². The van der Waals surface area contributed by atoms with Crippen molar-refractivity contribution in [2.45, 2.75) is 46.6 Å². The first kappa shape index (κ1) is 28.6. The molecule has 0 bridgehead atoms. The molecule has 7 heteroatoms. The highest BCUT2D eigenvalue weighted by atomic mass is 35.5. The maximum Gasteiger partial charge on any atom is 0.259 e. The normalized spacial score (nSPS) is 14.9. The van der Waals surface area contributed by atoms with Crippen LogP contribution in [0.4, 0.5) is 10.7 Å². The summed E-state index contributed by atoms with van der Waals surface area (Å²) in [5.74, 6) is 1.17. The van der Waals surface area contributed by atoms with Crippen LogP contribution in [0.15, 0.2) is 77.8 Å². The predicted molar refractivity (Wildman–Crippen MR) is 168 cm³/mol. The number of thiophene rings is 1. The lowest BCUT2D eigenvalue weighted by Gasteiger charge is -2.33. The molecule has 1 aliphatic rings. The smallest absolute Gasteiger partial charge is 0.259 e. The number of ether oxygens (including phenoxy) is 1. The lowest BCUT2D eigenvalue weighted by Crippen LogP contribution is -2.27. The summed E-state index contributed by atoms with van der Waals surface area (Å²) in [7, 11) is 0. The molecule has 0 spiro atoms. The van der Waals surface area contributed by atoms with E-state index in [1.165, 1.54) is 4.88 Å². The number of nitrogens with one attached hydrogen (secondary N) is 1. The van der Waals surface area contributed by atoms with Crippen molar-refractivity contribution in [3.63, 3.8) is 0 Å². The number of halogens is 1. The average molecular weight is 582 g/mol. The second kappa shape index (κ2) is 12.3. The number of carbonyl (C=O) groups is 1. The number of benzene rings is 3. The Kier molecular flexibility index (Phi) is 8.58. The third-order valence-electron chi connectivity index (χ3n) is 7.50. The molecule has 5 rings (SSSR count). The molecule has 0 unspecified atom stereocenters. The van der Waals surface area contributed by atoms with Gasteiger partial charge in [-0.3, -0.25) is 4.79 Å². The van der Waals surface area contributed by atoms with Gasteiger partial charge in [0, 0.05) is 21.8 Å². The molecule has 0 radical (unpaired) electrons. The molecule has 0 fully saturated rings. The van der Waals surface area contributed by atoms with E-state index < -0.39 is 0 Å². The summed E-state index contributed by atoms with van der Waals surface area (Å²) in [6.45, 7) is 7.30. The number of anilines is 1. The van der Waals surface area contributed by atoms with Crippen molar-refractivity contribution >= 4 is 45.7 Å². The maximum atomic E-state index is 13.6. The van der Waals surface area contributed by atoms with Crippen LogP contribution >= 0.6 is 22.9 Å². The summed E-state index contributed by atoms with van der Waals surface area (Å²) in [6.07, 6.45) is 4.70. The van der Waals surface area contributed by atoms with Crippen molar-refractivity contribution in [3.8, 4) is 11.8 Å². The highest BCUT2D eigenvalue weighted by Gasteiger charge is 2.33. The van der Waals surface area contributed by atoms with E-state index in [0.717, 1.165) is 46.7 Å². The molecule has 0 saturated heterocycles. The topological polar surface area (TPSA) is 74.5 Å². The third-order valence-corrected chi connectivity index (χ3v) is 8.91. The van der Waals surface area contributed by atoms with Gasteiger partial charge in [0.15, 0.2) is 0 Å². The van der Waals surface area contributed by atoms with Crippen LogP contribution in [0, 0.1) is 22.7 Å². The minimum atomic E-state index is -0.141. The Morgan fingerprint density at radius 1 is 1.10 bits per heavy atom. The van der Waals surface area contributed by atoms with E-state index in [2.05, 4.69) is 32.2 Å². The number of hydrogen-bond acceptors (Lipinski definition) is 5. The van der Waals surface area contributed by atoms with E-state index in [-0.39, 0.29) is 11.3 Å². The first-order chi connectivity index (χ1) is 19.7. The molecule has 1 aromatic heterocycles. The van der Waals surface area contributed by atoms with Gasteiger partial charge in [-0.1, -0.05) is 44.5 Å². The molecule has 0 aliphatic heterocycles. The molecule has 208 valence electrons. The van der Waals surface area contributed by atoms with Crippen molar-refractivity contribution in [1.82, 2.24) is 0 Å². The average Bonchev–Trinajstić information content (AvgIpc) is 3.34. The number of nitriles is 1. The molecule has 1 atom stereocenters. The Bertz CT molecular complexity index is 1590. The third kappa shape index (κ3) is 7.05. The molecule has 4 aromatic rings. The summed E-state index contributed by atoms with van der Waals surface area (Å²) >= 11 is 7.66. The standard InChI is InChI=1S/C34H32ClN3O2S/c1-34(2,3)25-10-17-29-30(18-25)41-33(31(29)32(39)38-27-13-11-26(35)12-14-27)37-20-23-8-15-28(16-9-23)40-21-24-6-4-22(19-36)5-7-24/h4-9,11-16,20,25H,10,17-18,21H2,1-3H3,(H,38,39)/t25-/m1/s1. The Hall–Kier alpha value is -3.92. The van der Waals surface area contributed by atoms with Crippen LogP contribution in [0.1, 0.15) is 64.7 Å². The van der Waals surface area contributed by atoms with Gasteiger partial charge in [0.2, 0.25) is 0 Å². The quantitative estimate of drug-likeness (QED) is 0.221. The number of rotatable bonds is 7. The van der Waals surface area contributed by atoms with E-state index in [4.69, 9.17) is 26.6 Å². The summed E-state index contributed by atoms with van der Waals surface area (Å²) in [4.78, 5) is 19.7. The van der Waals surface area contributed by atoms with Crippen LogP contribution in [-0.2, 0) is 19.4 Å². The van der Waals surface area contributed by atoms with Gasteiger partial charge >= 0.3 is 0 Å². The largest absolute Gasteiger partial charge is 0.489 e. The van der Waals surface area contributed by atoms with Gasteiger partial charge in [0.05, 0.1) is 17.2 Å². The van der Waals surface area contributed by atoms with Crippen LogP contribution in [0.2, 0.25) is 5.02 Å². The van der Waals surface area contributed by atoms with Gasteiger partial charge in [-0.15, -0.1) is 11.3 Å². The van der Waals surface area contributed by atoms with Crippen molar-refractivity contribution in [2.75, 3.05) is 5.32 Å². The highest BCUT2D eigenvalue weighted by molar-refractivity contribution is 7.16. The fourth-order valence-electron chi connectivity index (χ4n) is 4.99. The summed E-state index contributed by atoms with van der Waals surface area (Å²) in [6, 6.07) is 24.4. The monoisotopic (exact) mass is 581 g/mol. The molecule has 0 saturated carbocycles. The molecule has 1 N–H and O–H groups in total. The minimum absolute atomic E-state index is 0.141. The van der Waals surface area contributed by atoms with Crippen molar-refractivity contribution in [1.29, 1.82) is 5.26 Å². The highest BCUT2D eigenvalue weighted by Crippen LogP contribution is 2.45. The second-order valence-electron chi connectivity index (χ2n) is 11.4. The predicted octanol–water partition coefficient (Wildman–Crippen LogP) is 9.01. The van der Waals surface area contributed by atoms with Crippen LogP contribution in [0.25, 0.3) is 0 Å². The van der Waals surface area contributed by atoms with Crippen LogP contribution in [0.5, 0.6) is 5.75 Å². The van der Waals surface area contributed by atoms with Crippen LogP contribution in [-0.4, -0.2) is 12.1 Å². The maximum absolute atomic E-state index is 13.6. The molecule has 5 nitrogen and oxygen atoms in total. The minimum Gasteiger partial charge on any atom is -0.489 e. The SMILES string of the molecule is CC(C)(C)[C@@H]1CCc2c(sc(N=Cc3ccc(OCc4ccc(C#N)cc4)cc3)c2C(=O)Nc2ccc(Cl)cc2)C1. The number of hydrogen-bond donors (Lipinski definition) is 1. The van der Waals surface area contributed by atoms with Gasteiger partial charge in [-0.05, 0) is 108 Å². The van der Waals surface area contributed by atoms with E-state index in [1.54, 1.807) is 35.6 Å². The van der Waals surface area contributed by atoms with E-state index in [1.807, 2.05) is 54.7 Å². The van der Waals surface area contributed by atoms with Gasteiger partial charge in [0.25, 0.3) is 5.91 Å². The Morgan fingerprint density at radius 3 is 2.46 bits per heavy atom. The Labute approximate surface area is 250 Å². The first-order valence-electron chi connectivity index (χ1n) is 13.7. The lowest BCUT2D eigenvalue weighted by molar-refractivity contribution is 0.102. The summed E-state index contributed by atoms with van der Waals surface area (Å²) in [5, 5.41) is 13.4. The van der Waals surface area contributed by atoms with Crippen LogP contribution < -0.4 is 10.1 Å². The number of carbonyl (C=O) groups excluding carboxylic acids is 1.